The highest BCUT2D eigenvalue weighted by molar-refractivity contribution is 7.93. The molecule has 0 fully saturated rings. The van der Waals surface area contributed by atoms with Crippen LogP contribution in [-0.4, -0.2) is 27.8 Å². The molecule has 0 spiro atoms. The molecule has 0 aliphatic carbocycles. The molecule has 3 rings (SSSR count). The number of aromatic nitrogens is 1. The van der Waals surface area contributed by atoms with Crippen LogP contribution in [0.15, 0.2) is 39.9 Å². The van der Waals surface area contributed by atoms with E-state index in [1.807, 2.05) is 6.92 Å². The highest BCUT2D eigenvalue weighted by Crippen LogP contribution is 2.40. The number of hydrogen-bond donors (Lipinski definition) is 1. The fourth-order valence-electron chi connectivity index (χ4n) is 2.71. The number of nitrogens with one attached hydrogen (secondary N) is 1. The normalized spacial score (nSPS) is 11.4. The minimum atomic E-state index is -3.90. The first kappa shape index (κ1) is 18.3. The summed E-state index contributed by atoms with van der Waals surface area (Å²) in [6.07, 6.45) is 1.48. The van der Waals surface area contributed by atoms with Crippen molar-refractivity contribution in [1.82, 2.24) is 5.16 Å². The molecule has 0 saturated heterocycles. The first-order valence-electron chi connectivity index (χ1n) is 7.63. The number of aryl methyl sites for hydroxylation is 2. The van der Waals surface area contributed by atoms with Gasteiger partial charge >= 0.3 is 0 Å². The van der Waals surface area contributed by atoms with Gasteiger partial charge in [0.2, 0.25) is 0 Å². The van der Waals surface area contributed by atoms with Gasteiger partial charge in [0, 0.05) is 21.9 Å². The third-order valence-electron chi connectivity index (χ3n) is 3.81. The molecule has 3 aromatic rings. The lowest BCUT2D eigenvalue weighted by atomic mass is 10.2. The summed E-state index contributed by atoms with van der Waals surface area (Å²) in [6.45, 7) is 3.61. The Kier molecular flexibility index (Phi) is 4.92. The van der Waals surface area contributed by atoms with Crippen molar-refractivity contribution in [3.63, 3.8) is 0 Å². The quantitative estimate of drug-likeness (QED) is 0.683. The first-order chi connectivity index (χ1) is 12.4. The molecule has 0 saturated carbocycles. The highest BCUT2D eigenvalue weighted by atomic mass is 32.2. The average Bonchev–Trinajstić information content (AvgIpc) is 3.21. The van der Waals surface area contributed by atoms with E-state index in [1.165, 1.54) is 31.8 Å². The Balaban J connectivity index is 2.11. The van der Waals surface area contributed by atoms with Crippen molar-refractivity contribution in [3.05, 3.63) is 40.2 Å². The molecule has 138 valence electrons. The predicted octanol–water partition coefficient (Wildman–Crippen LogP) is 3.84. The van der Waals surface area contributed by atoms with Gasteiger partial charge in [0.25, 0.3) is 10.0 Å². The van der Waals surface area contributed by atoms with Gasteiger partial charge in [-0.2, -0.15) is 0 Å². The largest absolute Gasteiger partial charge is 0.497 e. The Morgan fingerprint density at radius 1 is 1.12 bits per heavy atom. The maximum Gasteiger partial charge on any atom is 0.263 e. The average molecular weight is 394 g/mol. The fraction of sp³-hybridized carbons (Fsp3) is 0.235. The van der Waals surface area contributed by atoms with E-state index in [2.05, 4.69) is 9.88 Å². The number of nitrogens with zero attached hydrogens (tertiary/aromatic N) is 1. The maximum absolute atomic E-state index is 13.2. The number of methoxy groups -OCH3 is 2. The van der Waals surface area contributed by atoms with Crippen LogP contribution in [0.3, 0.4) is 0 Å². The number of benzene rings is 1. The maximum atomic E-state index is 13.2. The molecule has 2 heterocycles. The lowest BCUT2D eigenvalue weighted by Crippen LogP contribution is -2.15. The molecule has 0 radical (unpaired) electrons. The molecule has 0 aliphatic heterocycles. The number of rotatable bonds is 6. The number of hydrogen-bond acceptors (Lipinski definition) is 7. The smallest absolute Gasteiger partial charge is 0.263 e. The first-order valence-corrected chi connectivity index (χ1v) is 9.93. The van der Waals surface area contributed by atoms with Crippen LogP contribution < -0.4 is 14.2 Å². The second kappa shape index (κ2) is 7.00. The number of anilines is 1. The lowest BCUT2D eigenvalue weighted by Gasteiger charge is -2.14. The van der Waals surface area contributed by atoms with E-state index in [0.717, 1.165) is 4.88 Å². The molecule has 0 aliphatic rings. The third-order valence-corrected chi connectivity index (χ3v) is 6.50. The zero-order valence-corrected chi connectivity index (χ0v) is 16.3. The molecule has 9 heteroatoms. The van der Waals surface area contributed by atoms with E-state index < -0.39 is 10.0 Å². The summed E-state index contributed by atoms with van der Waals surface area (Å²) in [7, 11) is -0.920. The predicted molar refractivity (Wildman–Crippen MR) is 99.6 cm³/mol. The molecule has 1 aromatic carbocycles. The molecule has 1 N–H and O–H groups in total. The van der Waals surface area contributed by atoms with Crippen LogP contribution in [-0.2, 0) is 10.0 Å². The summed E-state index contributed by atoms with van der Waals surface area (Å²) in [5.41, 5.74) is 0.804. The molecular formula is C17H18N2O5S2. The van der Waals surface area contributed by atoms with Gasteiger partial charge in [0.1, 0.15) is 16.4 Å². The monoisotopic (exact) mass is 394 g/mol. The fourth-order valence-corrected chi connectivity index (χ4v) is 5.64. The van der Waals surface area contributed by atoms with E-state index in [-0.39, 0.29) is 4.90 Å². The van der Waals surface area contributed by atoms with Crippen molar-refractivity contribution in [2.24, 2.45) is 0 Å². The van der Waals surface area contributed by atoms with Crippen molar-refractivity contribution >= 4 is 27.0 Å². The van der Waals surface area contributed by atoms with E-state index in [1.54, 1.807) is 31.2 Å². The molecular weight excluding hydrogens is 376 g/mol. The van der Waals surface area contributed by atoms with Crippen molar-refractivity contribution in [2.45, 2.75) is 18.7 Å². The van der Waals surface area contributed by atoms with Crippen LogP contribution in [0.1, 0.15) is 9.75 Å². The van der Waals surface area contributed by atoms with Gasteiger partial charge in [0.15, 0.2) is 5.76 Å². The van der Waals surface area contributed by atoms with Gasteiger partial charge in [0.05, 0.1) is 31.7 Å². The summed E-state index contributed by atoms with van der Waals surface area (Å²) >= 11 is 1.39. The van der Waals surface area contributed by atoms with E-state index in [9.17, 15) is 8.42 Å². The summed E-state index contributed by atoms with van der Waals surface area (Å²) < 4.78 is 44.5. The summed E-state index contributed by atoms with van der Waals surface area (Å²) in [5.74, 6) is 1.31. The summed E-state index contributed by atoms with van der Waals surface area (Å²) in [5, 5.41) is 3.68. The third kappa shape index (κ3) is 3.27. The molecule has 0 atom stereocenters. The second-order valence-corrected chi connectivity index (χ2v) is 8.52. The molecule has 0 amide bonds. The Labute approximate surface area is 155 Å². The zero-order chi connectivity index (χ0) is 18.9. The van der Waals surface area contributed by atoms with Crippen LogP contribution in [0.4, 0.5) is 5.69 Å². The van der Waals surface area contributed by atoms with Crippen molar-refractivity contribution in [1.29, 1.82) is 0 Å². The van der Waals surface area contributed by atoms with E-state index in [0.29, 0.717) is 33.4 Å². The van der Waals surface area contributed by atoms with Crippen molar-refractivity contribution in [3.8, 4) is 22.8 Å². The number of sulfonamides is 1. The van der Waals surface area contributed by atoms with Crippen LogP contribution >= 0.6 is 11.3 Å². The van der Waals surface area contributed by atoms with Gasteiger partial charge < -0.3 is 14.0 Å². The molecule has 0 bridgehead atoms. The Morgan fingerprint density at radius 3 is 2.50 bits per heavy atom. The van der Waals surface area contributed by atoms with E-state index >= 15 is 0 Å². The summed E-state index contributed by atoms with van der Waals surface area (Å²) in [6, 6.07) is 6.54. The van der Waals surface area contributed by atoms with Gasteiger partial charge in [-0.1, -0.05) is 5.16 Å². The molecule has 7 nitrogen and oxygen atoms in total. The minimum Gasteiger partial charge on any atom is -0.497 e. The minimum absolute atomic E-state index is 0.168. The van der Waals surface area contributed by atoms with Gasteiger partial charge in [-0.15, -0.1) is 11.3 Å². The molecule has 2 aromatic heterocycles. The van der Waals surface area contributed by atoms with Crippen molar-refractivity contribution in [2.75, 3.05) is 18.9 Å². The van der Waals surface area contributed by atoms with Gasteiger partial charge in [-0.05, 0) is 26.0 Å². The van der Waals surface area contributed by atoms with Crippen LogP contribution in [0.2, 0.25) is 0 Å². The van der Waals surface area contributed by atoms with Gasteiger partial charge in [-0.3, -0.25) is 4.72 Å². The Morgan fingerprint density at radius 2 is 1.88 bits per heavy atom. The standard InChI is InChI=1S/C17H18N2O5S2/c1-10-16(15-7-8-18-24-15)17(11(2)25-10)26(20,21)19-13-9-12(22-3)5-6-14(13)23-4/h5-9,19H,1-4H3. The van der Waals surface area contributed by atoms with Crippen LogP contribution in [0.25, 0.3) is 11.3 Å². The van der Waals surface area contributed by atoms with Crippen LogP contribution in [0, 0.1) is 13.8 Å². The topological polar surface area (TPSA) is 90.7 Å². The summed E-state index contributed by atoms with van der Waals surface area (Å²) in [4.78, 5) is 1.65. The van der Waals surface area contributed by atoms with E-state index in [4.69, 9.17) is 14.0 Å². The number of ether oxygens (including phenoxy) is 2. The van der Waals surface area contributed by atoms with Crippen LogP contribution in [0.5, 0.6) is 11.5 Å². The highest BCUT2D eigenvalue weighted by Gasteiger charge is 2.29. The number of thiophene rings is 1. The lowest BCUT2D eigenvalue weighted by molar-refractivity contribution is 0.405. The second-order valence-electron chi connectivity index (χ2n) is 5.47. The van der Waals surface area contributed by atoms with Gasteiger partial charge in [-0.25, -0.2) is 8.42 Å². The Hall–Kier alpha value is -2.52. The Bertz CT molecular complexity index is 1020. The molecule has 26 heavy (non-hydrogen) atoms. The zero-order valence-electron chi connectivity index (χ0n) is 14.7. The molecule has 0 unspecified atom stereocenters. The van der Waals surface area contributed by atoms with Crippen molar-refractivity contribution < 1.29 is 22.4 Å². The SMILES string of the molecule is COc1ccc(OC)c(NS(=O)(=O)c2c(C)sc(C)c2-c2ccno2)c1.